The smallest absolute Gasteiger partial charge is 0.273 e. The van der Waals surface area contributed by atoms with E-state index in [1.165, 1.54) is 42.0 Å². The number of aryl methyl sites for hydroxylation is 1. The van der Waals surface area contributed by atoms with E-state index >= 15 is 0 Å². The highest BCUT2D eigenvalue weighted by Gasteiger charge is 2.26. The molecule has 33 heavy (non-hydrogen) atoms. The first-order valence-electron chi connectivity index (χ1n) is 11.0. The van der Waals surface area contributed by atoms with Crippen LogP contribution in [0.15, 0.2) is 22.5 Å². The van der Waals surface area contributed by atoms with Crippen molar-refractivity contribution in [1.82, 2.24) is 20.4 Å². The number of hydrogen-bond donors (Lipinski definition) is 1. The van der Waals surface area contributed by atoms with Crippen molar-refractivity contribution < 1.29 is 14.5 Å². The number of carbonyl (C=O) groups excluding carboxylic acids is 2. The van der Waals surface area contributed by atoms with Crippen LogP contribution in [0.2, 0.25) is 0 Å². The topological polar surface area (TPSA) is 122 Å². The van der Waals surface area contributed by atoms with E-state index in [1.54, 1.807) is 24.0 Å². The Kier molecular flexibility index (Phi) is 7.43. The Morgan fingerprint density at radius 2 is 1.94 bits per heavy atom. The number of piperazine rings is 1. The lowest BCUT2D eigenvalue weighted by Gasteiger charge is -2.34. The third-order valence-corrected chi connectivity index (χ3v) is 8.05. The summed E-state index contributed by atoms with van der Waals surface area (Å²) in [6.45, 7) is 3.84. The summed E-state index contributed by atoms with van der Waals surface area (Å²) in [4.78, 5) is 39.4. The van der Waals surface area contributed by atoms with Crippen molar-refractivity contribution in [3.05, 3.63) is 39.4 Å². The predicted octanol–water partition coefficient (Wildman–Crippen LogP) is 2.87. The zero-order chi connectivity index (χ0) is 23.4. The molecule has 1 aliphatic heterocycles. The van der Waals surface area contributed by atoms with Crippen molar-refractivity contribution in [2.75, 3.05) is 36.8 Å². The van der Waals surface area contributed by atoms with Gasteiger partial charge >= 0.3 is 0 Å². The van der Waals surface area contributed by atoms with E-state index in [-0.39, 0.29) is 17.5 Å². The van der Waals surface area contributed by atoms with Crippen molar-refractivity contribution in [3.63, 3.8) is 0 Å². The van der Waals surface area contributed by atoms with Gasteiger partial charge in [0.2, 0.25) is 11.0 Å². The van der Waals surface area contributed by atoms with Crippen LogP contribution in [0, 0.1) is 17.0 Å². The highest BCUT2D eigenvalue weighted by Crippen LogP contribution is 2.29. The van der Waals surface area contributed by atoms with Crippen LogP contribution >= 0.6 is 23.1 Å². The fourth-order valence-electron chi connectivity index (χ4n) is 4.08. The maximum atomic E-state index is 12.8. The lowest BCUT2D eigenvalue weighted by Crippen LogP contribution is -2.48. The molecular formula is C21H26N6O4S2. The van der Waals surface area contributed by atoms with Gasteiger partial charge in [0.1, 0.15) is 0 Å². The minimum absolute atomic E-state index is 0.0344. The van der Waals surface area contributed by atoms with Crippen LogP contribution in [-0.2, 0) is 4.79 Å². The number of amides is 2. The lowest BCUT2D eigenvalue weighted by molar-refractivity contribution is -0.385. The molecule has 4 rings (SSSR count). The number of nitro groups is 1. The van der Waals surface area contributed by atoms with Crippen LogP contribution in [0.25, 0.3) is 0 Å². The van der Waals surface area contributed by atoms with Crippen molar-refractivity contribution in [2.45, 2.75) is 43.0 Å². The molecule has 1 saturated heterocycles. The molecule has 1 N–H and O–H groups in total. The molecule has 2 heterocycles. The minimum Gasteiger partial charge on any atom is -0.353 e. The number of benzene rings is 1. The molecule has 10 nitrogen and oxygen atoms in total. The molecular weight excluding hydrogens is 464 g/mol. The Morgan fingerprint density at radius 3 is 2.64 bits per heavy atom. The molecule has 0 spiro atoms. The van der Waals surface area contributed by atoms with Gasteiger partial charge < -0.3 is 15.1 Å². The van der Waals surface area contributed by atoms with E-state index in [2.05, 4.69) is 20.4 Å². The van der Waals surface area contributed by atoms with Gasteiger partial charge in [-0.25, -0.2) is 0 Å². The van der Waals surface area contributed by atoms with Crippen LogP contribution in [0.1, 0.15) is 41.6 Å². The minimum atomic E-state index is -0.465. The first-order chi connectivity index (χ1) is 15.9. The number of thioether (sulfide) groups is 1. The fourth-order valence-corrected chi connectivity index (χ4v) is 5.78. The second-order valence-corrected chi connectivity index (χ2v) is 10.4. The first kappa shape index (κ1) is 23.4. The molecule has 1 saturated carbocycles. The third kappa shape index (κ3) is 5.80. The van der Waals surface area contributed by atoms with Crippen LogP contribution in [-0.4, -0.2) is 69.8 Å². The third-order valence-electron chi connectivity index (χ3n) is 5.93. The Hall–Kier alpha value is -2.73. The molecule has 1 aromatic heterocycles. The summed E-state index contributed by atoms with van der Waals surface area (Å²) in [6.07, 6.45) is 4.49. The second-order valence-electron chi connectivity index (χ2n) is 8.23. The summed E-state index contributed by atoms with van der Waals surface area (Å²) >= 11 is 2.84. The van der Waals surface area contributed by atoms with Gasteiger partial charge in [-0.2, -0.15) is 0 Å². The Bertz CT molecular complexity index is 1030. The largest absolute Gasteiger partial charge is 0.353 e. The molecule has 176 valence electrons. The number of nitrogens with zero attached hydrogens (tertiary/aromatic N) is 5. The number of anilines is 1. The van der Waals surface area contributed by atoms with Crippen LogP contribution in [0.5, 0.6) is 0 Å². The Morgan fingerprint density at radius 1 is 1.21 bits per heavy atom. The van der Waals surface area contributed by atoms with E-state index in [9.17, 15) is 19.7 Å². The van der Waals surface area contributed by atoms with E-state index < -0.39 is 4.92 Å². The van der Waals surface area contributed by atoms with Crippen molar-refractivity contribution in [3.8, 4) is 0 Å². The number of nitro benzene ring substituents is 1. The maximum absolute atomic E-state index is 12.8. The van der Waals surface area contributed by atoms with Gasteiger partial charge in [-0.05, 0) is 25.8 Å². The molecule has 1 aromatic carbocycles. The number of nitrogens with one attached hydrogen (secondary N) is 1. The molecule has 0 radical (unpaired) electrons. The number of aromatic nitrogens is 2. The van der Waals surface area contributed by atoms with Crippen molar-refractivity contribution in [2.24, 2.45) is 0 Å². The Labute approximate surface area is 199 Å². The zero-order valence-corrected chi connectivity index (χ0v) is 20.0. The summed E-state index contributed by atoms with van der Waals surface area (Å²) < 4.78 is 0.747. The van der Waals surface area contributed by atoms with E-state index in [4.69, 9.17) is 0 Å². The zero-order valence-electron chi connectivity index (χ0n) is 18.4. The first-order valence-corrected chi connectivity index (χ1v) is 12.8. The molecule has 0 bridgehead atoms. The fraction of sp³-hybridized carbons (Fsp3) is 0.524. The average Bonchev–Trinajstić information content (AvgIpc) is 3.50. The van der Waals surface area contributed by atoms with Crippen molar-refractivity contribution >= 4 is 45.7 Å². The SMILES string of the molecule is Cc1ccc(C(=O)N2CCN(c3nnc(SCC(=O)NC4CCCC4)s3)CC2)cc1[N+](=O)[O-]. The molecule has 1 aliphatic carbocycles. The summed E-state index contributed by atoms with van der Waals surface area (Å²) in [5, 5.41) is 23.5. The number of carbonyl (C=O) groups is 2. The second kappa shape index (κ2) is 10.5. The van der Waals surface area contributed by atoms with Crippen molar-refractivity contribution in [1.29, 1.82) is 0 Å². The standard InChI is InChI=1S/C21H26N6O4S2/c1-14-6-7-15(12-17(14)27(30)31)19(29)25-8-10-26(11-9-25)20-23-24-21(33-20)32-13-18(28)22-16-4-2-3-5-16/h6-7,12,16H,2-5,8-11,13H2,1H3,(H,22,28). The molecule has 0 atom stereocenters. The molecule has 0 unspecified atom stereocenters. The molecule has 12 heteroatoms. The van der Waals surface area contributed by atoms with E-state index in [0.29, 0.717) is 49.1 Å². The maximum Gasteiger partial charge on any atom is 0.273 e. The Balaban J connectivity index is 1.27. The normalized spacial score (nSPS) is 16.8. The van der Waals surface area contributed by atoms with Gasteiger partial charge in [0.05, 0.1) is 10.7 Å². The van der Waals surface area contributed by atoms with Gasteiger partial charge in [0.15, 0.2) is 4.34 Å². The van der Waals surface area contributed by atoms with E-state index in [1.807, 2.05) is 0 Å². The van der Waals surface area contributed by atoms with Gasteiger partial charge in [0, 0.05) is 49.4 Å². The molecule has 2 amide bonds. The molecule has 2 aromatic rings. The molecule has 2 aliphatic rings. The van der Waals surface area contributed by atoms with Crippen LogP contribution in [0.4, 0.5) is 10.8 Å². The summed E-state index contributed by atoms with van der Waals surface area (Å²) in [6, 6.07) is 4.90. The van der Waals surface area contributed by atoms with Crippen LogP contribution < -0.4 is 10.2 Å². The monoisotopic (exact) mass is 490 g/mol. The van der Waals surface area contributed by atoms with Gasteiger partial charge in [-0.3, -0.25) is 19.7 Å². The highest BCUT2D eigenvalue weighted by molar-refractivity contribution is 8.01. The van der Waals surface area contributed by atoms with Gasteiger partial charge in [-0.1, -0.05) is 42.0 Å². The summed E-state index contributed by atoms with van der Waals surface area (Å²) in [5.74, 6) is 0.155. The summed E-state index contributed by atoms with van der Waals surface area (Å²) in [7, 11) is 0. The highest BCUT2D eigenvalue weighted by atomic mass is 32.2. The van der Waals surface area contributed by atoms with Crippen LogP contribution in [0.3, 0.4) is 0 Å². The lowest BCUT2D eigenvalue weighted by atomic mass is 10.1. The quantitative estimate of drug-likeness (QED) is 0.357. The predicted molar refractivity (Wildman–Crippen MR) is 127 cm³/mol. The molecule has 2 fully saturated rings. The summed E-state index contributed by atoms with van der Waals surface area (Å²) in [5.41, 5.74) is 0.809. The van der Waals surface area contributed by atoms with Gasteiger partial charge in [0.25, 0.3) is 11.6 Å². The number of hydrogen-bond acceptors (Lipinski definition) is 9. The average molecular weight is 491 g/mol. The number of rotatable bonds is 7. The van der Waals surface area contributed by atoms with E-state index in [0.717, 1.165) is 22.3 Å². The van der Waals surface area contributed by atoms with Gasteiger partial charge in [-0.15, -0.1) is 10.2 Å².